The molecule has 0 radical (unpaired) electrons. The Kier molecular flexibility index (Phi) is 4.45. The van der Waals surface area contributed by atoms with Gasteiger partial charge in [-0.15, -0.1) is 11.3 Å². The molecule has 21 heavy (non-hydrogen) atoms. The van der Waals surface area contributed by atoms with E-state index in [4.69, 9.17) is 0 Å². The van der Waals surface area contributed by atoms with Crippen molar-refractivity contribution in [1.82, 2.24) is 14.9 Å². The van der Waals surface area contributed by atoms with Gasteiger partial charge in [0.15, 0.2) is 0 Å². The fourth-order valence-electron chi connectivity index (χ4n) is 2.97. The molecule has 2 aromatic heterocycles. The van der Waals surface area contributed by atoms with Crippen molar-refractivity contribution in [3.63, 3.8) is 0 Å². The molecule has 0 aliphatic carbocycles. The highest BCUT2D eigenvalue weighted by Crippen LogP contribution is 2.28. The second-order valence-corrected chi connectivity index (χ2v) is 7.71. The minimum atomic E-state index is 0.223. The number of hydrogen-bond donors (Lipinski definition) is 0. The Labute approximate surface area is 133 Å². The van der Waals surface area contributed by atoms with Crippen molar-refractivity contribution in [3.05, 3.63) is 17.8 Å². The molecule has 0 unspecified atom stereocenters. The average Bonchev–Trinajstić information content (AvgIpc) is 2.92. The third-order valence-electron chi connectivity index (χ3n) is 3.78. The van der Waals surface area contributed by atoms with Gasteiger partial charge in [-0.05, 0) is 29.7 Å². The minimum absolute atomic E-state index is 0.223. The molecule has 1 fully saturated rings. The van der Waals surface area contributed by atoms with Crippen molar-refractivity contribution >= 4 is 39.2 Å². The summed E-state index contributed by atoms with van der Waals surface area (Å²) in [6.45, 7) is 6.23. The molecule has 3 rings (SSSR count). The molecular formula is C15H19N3OS2. The van der Waals surface area contributed by atoms with E-state index in [0.717, 1.165) is 28.3 Å². The third-order valence-corrected chi connectivity index (χ3v) is 5.59. The standard InChI is InChI=1S/C15H19N3OS2/c1-10-5-11(2)7-18(6-10)13(19)8-21-15-12-3-4-20-14(12)16-9-17-15/h3-4,9-11H,5-8H2,1-2H3/t10-,11+. The summed E-state index contributed by atoms with van der Waals surface area (Å²) < 4.78 is 0. The van der Waals surface area contributed by atoms with Crippen LogP contribution in [0.25, 0.3) is 10.2 Å². The highest BCUT2D eigenvalue weighted by atomic mass is 32.2. The fraction of sp³-hybridized carbons (Fsp3) is 0.533. The van der Waals surface area contributed by atoms with Gasteiger partial charge in [0.05, 0.1) is 5.75 Å². The summed E-state index contributed by atoms with van der Waals surface area (Å²) in [6.07, 6.45) is 2.80. The quantitative estimate of drug-likeness (QED) is 0.643. The molecule has 3 heterocycles. The smallest absolute Gasteiger partial charge is 0.233 e. The summed E-state index contributed by atoms with van der Waals surface area (Å²) in [5.74, 6) is 1.89. The first kappa shape index (κ1) is 14.8. The van der Waals surface area contributed by atoms with E-state index in [1.807, 2.05) is 16.3 Å². The normalized spacial score (nSPS) is 22.7. The van der Waals surface area contributed by atoms with Crippen LogP contribution in [0.15, 0.2) is 22.8 Å². The number of nitrogens with zero attached hydrogens (tertiary/aromatic N) is 3. The Morgan fingerprint density at radius 2 is 2.14 bits per heavy atom. The van der Waals surface area contributed by atoms with Crippen LogP contribution in [0.1, 0.15) is 20.3 Å². The van der Waals surface area contributed by atoms with Gasteiger partial charge in [0.25, 0.3) is 0 Å². The van der Waals surface area contributed by atoms with Crippen molar-refractivity contribution in [2.45, 2.75) is 25.3 Å². The van der Waals surface area contributed by atoms with Crippen LogP contribution in [-0.2, 0) is 4.79 Å². The van der Waals surface area contributed by atoms with Crippen LogP contribution in [0.4, 0.5) is 0 Å². The molecule has 2 aromatic rings. The SMILES string of the molecule is C[C@@H]1C[C@H](C)CN(C(=O)CSc2ncnc3sccc23)C1. The summed E-state index contributed by atoms with van der Waals surface area (Å²) in [5, 5.41) is 3.98. The van der Waals surface area contributed by atoms with E-state index in [-0.39, 0.29) is 5.91 Å². The zero-order valence-electron chi connectivity index (χ0n) is 12.3. The van der Waals surface area contributed by atoms with Crippen LogP contribution in [0.5, 0.6) is 0 Å². The monoisotopic (exact) mass is 321 g/mol. The predicted molar refractivity (Wildman–Crippen MR) is 87.7 cm³/mol. The zero-order valence-corrected chi connectivity index (χ0v) is 13.9. The maximum Gasteiger partial charge on any atom is 0.233 e. The maximum absolute atomic E-state index is 12.4. The Bertz CT molecular complexity index is 633. The Morgan fingerprint density at radius 3 is 2.90 bits per heavy atom. The Hall–Kier alpha value is -1.14. The molecule has 0 saturated carbocycles. The summed E-state index contributed by atoms with van der Waals surface area (Å²) in [7, 11) is 0. The number of carbonyl (C=O) groups is 1. The van der Waals surface area contributed by atoms with Crippen LogP contribution >= 0.6 is 23.1 Å². The molecule has 4 nitrogen and oxygen atoms in total. The van der Waals surface area contributed by atoms with Gasteiger partial charge in [-0.2, -0.15) is 0 Å². The van der Waals surface area contributed by atoms with E-state index in [9.17, 15) is 4.79 Å². The molecule has 1 aliphatic rings. The molecule has 0 aromatic carbocycles. The lowest BCUT2D eigenvalue weighted by Gasteiger charge is -2.35. The van der Waals surface area contributed by atoms with Crippen LogP contribution in [0.3, 0.4) is 0 Å². The number of rotatable bonds is 3. The molecule has 1 amide bonds. The topological polar surface area (TPSA) is 46.1 Å². The second-order valence-electron chi connectivity index (χ2n) is 5.85. The van der Waals surface area contributed by atoms with Gasteiger partial charge in [0.2, 0.25) is 5.91 Å². The van der Waals surface area contributed by atoms with E-state index < -0.39 is 0 Å². The molecule has 1 saturated heterocycles. The number of thioether (sulfide) groups is 1. The number of piperidine rings is 1. The van der Waals surface area contributed by atoms with Crippen molar-refractivity contribution < 1.29 is 4.79 Å². The van der Waals surface area contributed by atoms with Crippen LogP contribution in [0.2, 0.25) is 0 Å². The van der Waals surface area contributed by atoms with Gasteiger partial charge < -0.3 is 4.90 Å². The molecule has 6 heteroatoms. The highest BCUT2D eigenvalue weighted by molar-refractivity contribution is 8.00. The predicted octanol–water partition coefficient (Wildman–Crippen LogP) is 3.29. The molecule has 2 atom stereocenters. The molecule has 1 aliphatic heterocycles. The summed E-state index contributed by atoms with van der Waals surface area (Å²) >= 11 is 3.13. The van der Waals surface area contributed by atoms with Crippen LogP contribution in [-0.4, -0.2) is 39.6 Å². The number of hydrogen-bond acceptors (Lipinski definition) is 5. The van der Waals surface area contributed by atoms with Crippen LogP contribution in [0, 0.1) is 11.8 Å². The highest BCUT2D eigenvalue weighted by Gasteiger charge is 2.25. The maximum atomic E-state index is 12.4. The number of thiophene rings is 1. The first-order valence-corrected chi connectivity index (χ1v) is 9.08. The molecule has 0 spiro atoms. The summed E-state index contributed by atoms with van der Waals surface area (Å²) in [4.78, 5) is 24.0. The van der Waals surface area contributed by atoms with Gasteiger partial charge in [-0.25, -0.2) is 9.97 Å². The zero-order chi connectivity index (χ0) is 14.8. The number of aromatic nitrogens is 2. The van der Waals surface area contributed by atoms with Crippen LogP contribution < -0.4 is 0 Å². The van der Waals surface area contributed by atoms with Crippen molar-refractivity contribution in [2.75, 3.05) is 18.8 Å². The largest absolute Gasteiger partial charge is 0.341 e. The lowest BCUT2D eigenvalue weighted by molar-refractivity contribution is -0.130. The van der Waals surface area contributed by atoms with Gasteiger partial charge in [-0.3, -0.25) is 4.79 Å². The lowest BCUT2D eigenvalue weighted by Crippen LogP contribution is -2.43. The number of likely N-dealkylation sites (tertiary alicyclic amines) is 1. The van der Waals surface area contributed by atoms with Crippen molar-refractivity contribution in [3.8, 4) is 0 Å². The number of fused-ring (bicyclic) bond motifs is 1. The molecule has 0 N–H and O–H groups in total. The molecule has 0 bridgehead atoms. The minimum Gasteiger partial charge on any atom is -0.341 e. The van der Waals surface area contributed by atoms with Gasteiger partial charge in [-0.1, -0.05) is 25.6 Å². The second kappa shape index (κ2) is 6.32. The van der Waals surface area contributed by atoms with E-state index in [1.165, 1.54) is 18.2 Å². The van der Waals surface area contributed by atoms with E-state index in [2.05, 4.69) is 23.8 Å². The Morgan fingerprint density at radius 1 is 1.38 bits per heavy atom. The third kappa shape index (κ3) is 3.37. The van der Waals surface area contributed by atoms with E-state index in [1.54, 1.807) is 17.7 Å². The van der Waals surface area contributed by atoms with E-state index in [0.29, 0.717) is 17.6 Å². The van der Waals surface area contributed by atoms with Crippen molar-refractivity contribution in [2.24, 2.45) is 11.8 Å². The number of carbonyl (C=O) groups excluding carboxylic acids is 1. The van der Waals surface area contributed by atoms with E-state index >= 15 is 0 Å². The van der Waals surface area contributed by atoms with Gasteiger partial charge in [0.1, 0.15) is 16.2 Å². The molecule has 112 valence electrons. The summed E-state index contributed by atoms with van der Waals surface area (Å²) in [5.41, 5.74) is 0. The van der Waals surface area contributed by atoms with Gasteiger partial charge in [0, 0.05) is 18.5 Å². The molecular weight excluding hydrogens is 302 g/mol. The van der Waals surface area contributed by atoms with Crippen molar-refractivity contribution in [1.29, 1.82) is 0 Å². The average molecular weight is 321 g/mol. The lowest BCUT2D eigenvalue weighted by atomic mass is 9.92. The first-order valence-electron chi connectivity index (χ1n) is 7.22. The fourth-order valence-corrected chi connectivity index (χ4v) is 4.65. The Balaban J connectivity index is 1.64. The van der Waals surface area contributed by atoms with Gasteiger partial charge >= 0.3 is 0 Å². The summed E-state index contributed by atoms with van der Waals surface area (Å²) in [6, 6.07) is 2.03. The number of amides is 1. The first-order chi connectivity index (χ1) is 10.1.